The van der Waals surface area contributed by atoms with Crippen molar-refractivity contribution in [3.8, 4) is 0 Å². The highest BCUT2D eigenvalue weighted by Crippen LogP contribution is 2.25. The smallest absolute Gasteiger partial charge is 0.338 e. The van der Waals surface area contributed by atoms with Gasteiger partial charge in [-0.15, -0.1) is 0 Å². The van der Waals surface area contributed by atoms with Crippen molar-refractivity contribution in [3.63, 3.8) is 0 Å². The molecular weight excluding hydrogens is 270 g/mol. The van der Waals surface area contributed by atoms with E-state index in [-0.39, 0.29) is 12.6 Å². The van der Waals surface area contributed by atoms with Gasteiger partial charge in [0.25, 0.3) is 0 Å². The number of hydrogen-bond acceptors (Lipinski definition) is 6. The number of aliphatic hydroxyl groups is 1. The molecule has 1 saturated heterocycles. The summed E-state index contributed by atoms with van der Waals surface area (Å²) in [5.74, 6) is -0.344. The molecule has 0 saturated carbocycles. The number of nitrogen functional groups attached to an aromatic ring is 1. The van der Waals surface area contributed by atoms with Crippen molar-refractivity contribution in [1.82, 2.24) is 4.90 Å². The van der Waals surface area contributed by atoms with Crippen molar-refractivity contribution in [3.05, 3.63) is 23.8 Å². The fourth-order valence-electron chi connectivity index (χ4n) is 2.54. The highest BCUT2D eigenvalue weighted by Gasteiger charge is 2.19. The molecule has 1 heterocycles. The number of piperazine rings is 1. The van der Waals surface area contributed by atoms with Crippen LogP contribution in [0.15, 0.2) is 18.2 Å². The molecule has 0 bridgehead atoms. The zero-order chi connectivity index (χ0) is 15.2. The number of carbonyl (C=O) groups excluding carboxylic acids is 1. The van der Waals surface area contributed by atoms with Crippen LogP contribution in [-0.4, -0.2) is 61.9 Å². The van der Waals surface area contributed by atoms with Crippen LogP contribution < -0.4 is 10.6 Å². The third-order valence-corrected chi connectivity index (χ3v) is 3.67. The Balaban J connectivity index is 2.03. The Bertz CT molecular complexity index is 485. The first kappa shape index (κ1) is 15.6. The van der Waals surface area contributed by atoms with Crippen molar-refractivity contribution in [2.24, 2.45) is 0 Å². The van der Waals surface area contributed by atoms with Gasteiger partial charge in [0, 0.05) is 32.7 Å². The SMILES string of the molecule is CCOC(=O)c1ccc(N2CCN(CCO)CC2)c(N)c1. The van der Waals surface area contributed by atoms with Crippen LogP contribution in [0, 0.1) is 0 Å². The van der Waals surface area contributed by atoms with Gasteiger partial charge in [-0.05, 0) is 25.1 Å². The molecule has 1 aliphatic heterocycles. The van der Waals surface area contributed by atoms with Gasteiger partial charge < -0.3 is 20.5 Å². The first-order chi connectivity index (χ1) is 10.2. The molecule has 0 aromatic heterocycles. The molecule has 1 aromatic rings. The molecule has 1 aromatic carbocycles. The van der Waals surface area contributed by atoms with E-state index in [4.69, 9.17) is 15.6 Å². The van der Waals surface area contributed by atoms with Gasteiger partial charge in [-0.1, -0.05) is 0 Å². The molecule has 2 rings (SSSR count). The number of aliphatic hydroxyl groups excluding tert-OH is 1. The Hall–Kier alpha value is -1.79. The third-order valence-electron chi connectivity index (χ3n) is 3.67. The number of nitrogens with two attached hydrogens (primary N) is 1. The molecule has 1 aliphatic rings. The summed E-state index contributed by atoms with van der Waals surface area (Å²) >= 11 is 0. The molecular formula is C15H23N3O3. The van der Waals surface area contributed by atoms with Gasteiger partial charge in [-0.2, -0.15) is 0 Å². The van der Waals surface area contributed by atoms with Crippen molar-refractivity contribution in [2.75, 3.05) is 56.6 Å². The summed E-state index contributed by atoms with van der Waals surface area (Å²) in [6, 6.07) is 5.31. The standard InChI is InChI=1S/C15H23N3O3/c1-2-21-15(20)12-3-4-14(13(16)11-12)18-7-5-17(6-8-18)9-10-19/h3-4,11,19H,2,5-10,16H2,1H3. The zero-order valence-electron chi connectivity index (χ0n) is 12.4. The molecule has 1 fully saturated rings. The lowest BCUT2D eigenvalue weighted by Gasteiger charge is -2.36. The lowest BCUT2D eigenvalue weighted by atomic mass is 10.1. The van der Waals surface area contributed by atoms with E-state index >= 15 is 0 Å². The number of hydrogen-bond donors (Lipinski definition) is 2. The van der Waals surface area contributed by atoms with E-state index in [1.807, 2.05) is 6.07 Å². The molecule has 3 N–H and O–H groups in total. The molecule has 0 aliphatic carbocycles. The first-order valence-corrected chi connectivity index (χ1v) is 7.30. The lowest BCUT2D eigenvalue weighted by molar-refractivity contribution is 0.0526. The summed E-state index contributed by atoms with van der Waals surface area (Å²) < 4.78 is 4.97. The van der Waals surface area contributed by atoms with Crippen molar-refractivity contribution in [1.29, 1.82) is 0 Å². The maximum atomic E-state index is 11.7. The van der Waals surface area contributed by atoms with E-state index in [0.717, 1.165) is 31.9 Å². The number of anilines is 2. The lowest BCUT2D eigenvalue weighted by Crippen LogP contribution is -2.47. The number of rotatable bonds is 5. The second kappa shape index (κ2) is 7.28. The molecule has 6 nitrogen and oxygen atoms in total. The summed E-state index contributed by atoms with van der Waals surface area (Å²) in [4.78, 5) is 16.1. The molecule has 116 valence electrons. The van der Waals surface area contributed by atoms with Crippen LogP contribution in [0.3, 0.4) is 0 Å². The number of benzene rings is 1. The average molecular weight is 293 g/mol. The number of β-amino-alcohol motifs (C(OH)–C–C–N with tert-alkyl or cyclic N) is 1. The molecule has 0 amide bonds. The van der Waals surface area contributed by atoms with Crippen LogP contribution in [0.4, 0.5) is 11.4 Å². The van der Waals surface area contributed by atoms with Crippen LogP contribution in [0.25, 0.3) is 0 Å². The van der Waals surface area contributed by atoms with Gasteiger partial charge >= 0.3 is 5.97 Å². The van der Waals surface area contributed by atoms with E-state index in [1.54, 1.807) is 19.1 Å². The van der Waals surface area contributed by atoms with Crippen molar-refractivity contribution < 1.29 is 14.6 Å². The van der Waals surface area contributed by atoms with Crippen molar-refractivity contribution >= 4 is 17.3 Å². The summed E-state index contributed by atoms with van der Waals surface area (Å²) in [6.45, 7) is 6.57. The topological polar surface area (TPSA) is 79.0 Å². The number of ether oxygens (including phenoxy) is 1. The van der Waals surface area contributed by atoms with Crippen LogP contribution in [0.1, 0.15) is 17.3 Å². The summed E-state index contributed by atoms with van der Waals surface area (Å²) in [5.41, 5.74) is 8.10. The molecule has 21 heavy (non-hydrogen) atoms. The maximum absolute atomic E-state index is 11.7. The molecule has 6 heteroatoms. The zero-order valence-corrected chi connectivity index (χ0v) is 12.4. The largest absolute Gasteiger partial charge is 0.462 e. The minimum Gasteiger partial charge on any atom is -0.462 e. The van der Waals surface area contributed by atoms with E-state index in [1.165, 1.54) is 0 Å². The molecule has 0 unspecified atom stereocenters. The molecule has 0 spiro atoms. The van der Waals surface area contributed by atoms with E-state index < -0.39 is 0 Å². The predicted molar refractivity (Wildman–Crippen MR) is 82.5 cm³/mol. The second-order valence-corrected chi connectivity index (χ2v) is 5.05. The fourth-order valence-corrected chi connectivity index (χ4v) is 2.54. The molecule has 0 atom stereocenters. The van der Waals surface area contributed by atoms with Gasteiger partial charge in [0.1, 0.15) is 0 Å². The Kier molecular flexibility index (Phi) is 5.41. The van der Waals surface area contributed by atoms with Crippen LogP contribution in [0.2, 0.25) is 0 Å². The summed E-state index contributed by atoms with van der Waals surface area (Å²) in [6.07, 6.45) is 0. The Morgan fingerprint density at radius 1 is 1.33 bits per heavy atom. The predicted octanol–water partition coefficient (Wildman–Crippen LogP) is 0.560. The van der Waals surface area contributed by atoms with Crippen molar-refractivity contribution in [2.45, 2.75) is 6.92 Å². The monoisotopic (exact) mass is 293 g/mol. The third kappa shape index (κ3) is 3.86. The fraction of sp³-hybridized carbons (Fsp3) is 0.533. The summed E-state index contributed by atoms with van der Waals surface area (Å²) in [5, 5.41) is 8.95. The van der Waals surface area contributed by atoms with Crippen LogP contribution in [0.5, 0.6) is 0 Å². The second-order valence-electron chi connectivity index (χ2n) is 5.05. The number of esters is 1. The highest BCUT2D eigenvalue weighted by atomic mass is 16.5. The number of nitrogens with zero attached hydrogens (tertiary/aromatic N) is 2. The average Bonchev–Trinajstić information content (AvgIpc) is 2.49. The quantitative estimate of drug-likeness (QED) is 0.610. The normalized spacial score (nSPS) is 16.0. The Labute approximate surface area is 125 Å². The summed E-state index contributed by atoms with van der Waals surface area (Å²) in [7, 11) is 0. The minimum absolute atomic E-state index is 0.191. The van der Waals surface area contributed by atoms with Crippen LogP contribution >= 0.6 is 0 Å². The van der Waals surface area contributed by atoms with Gasteiger partial charge in [0.2, 0.25) is 0 Å². The Morgan fingerprint density at radius 2 is 2.05 bits per heavy atom. The van der Waals surface area contributed by atoms with Gasteiger partial charge in [-0.3, -0.25) is 4.90 Å². The molecule has 0 radical (unpaired) electrons. The first-order valence-electron chi connectivity index (χ1n) is 7.30. The Morgan fingerprint density at radius 3 is 2.62 bits per heavy atom. The van der Waals surface area contributed by atoms with E-state index in [0.29, 0.717) is 24.4 Å². The van der Waals surface area contributed by atoms with E-state index in [9.17, 15) is 4.79 Å². The van der Waals surface area contributed by atoms with Gasteiger partial charge in [0.15, 0.2) is 0 Å². The minimum atomic E-state index is -0.344. The van der Waals surface area contributed by atoms with Gasteiger partial charge in [-0.25, -0.2) is 4.79 Å². The maximum Gasteiger partial charge on any atom is 0.338 e. The number of carbonyl (C=O) groups is 1. The highest BCUT2D eigenvalue weighted by molar-refractivity contribution is 5.92. The van der Waals surface area contributed by atoms with Crippen LogP contribution in [-0.2, 0) is 4.74 Å². The van der Waals surface area contributed by atoms with Gasteiger partial charge in [0.05, 0.1) is 30.2 Å². The van der Waals surface area contributed by atoms with E-state index in [2.05, 4.69) is 9.80 Å².